The number of nitrogens with one attached hydrogen (secondary N) is 1. The number of amides is 1. The van der Waals surface area contributed by atoms with Gasteiger partial charge in [-0.15, -0.1) is 0 Å². The molecule has 3 rings (SSSR count). The van der Waals surface area contributed by atoms with Crippen LogP contribution >= 0.6 is 0 Å². The number of benzene rings is 1. The van der Waals surface area contributed by atoms with Crippen LogP contribution in [0.3, 0.4) is 0 Å². The van der Waals surface area contributed by atoms with Gasteiger partial charge in [-0.25, -0.2) is 0 Å². The van der Waals surface area contributed by atoms with Crippen LogP contribution in [-0.4, -0.2) is 12.0 Å². The number of carbonyl (C=O) groups is 1. The zero-order chi connectivity index (χ0) is 12.4. The van der Waals surface area contributed by atoms with E-state index in [1.54, 1.807) is 0 Å². The number of hydrogen-bond acceptors (Lipinski definition) is 2. The van der Waals surface area contributed by atoms with Gasteiger partial charge in [-0.3, -0.25) is 4.79 Å². The Morgan fingerprint density at radius 1 is 1.28 bits per heavy atom. The molecule has 1 N–H and O–H groups in total. The molecule has 0 spiro atoms. The minimum atomic E-state index is 0.0946. The summed E-state index contributed by atoms with van der Waals surface area (Å²) < 4.78 is 5.92. The van der Waals surface area contributed by atoms with Crippen LogP contribution in [0.5, 0.6) is 5.75 Å². The van der Waals surface area contributed by atoms with Crippen LogP contribution in [0.15, 0.2) is 30.4 Å². The monoisotopic (exact) mass is 243 g/mol. The molecule has 1 unspecified atom stereocenters. The van der Waals surface area contributed by atoms with Crippen LogP contribution < -0.4 is 10.1 Å². The number of fused-ring (bicyclic) bond motifs is 1. The van der Waals surface area contributed by atoms with Crippen LogP contribution in [0.4, 0.5) is 5.69 Å². The van der Waals surface area contributed by atoms with Crippen molar-refractivity contribution in [2.24, 2.45) is 0 Å². The van der Waals surface area contributed by atoms with E-state index in [2.05, 4.69) is 23.5 Å². The fourth-order valence-corrected chi connectivity index (χ4v) is 2.48. The second-order valence-corrected chi connectivity index (χ2v) is 4.88. The molecule has 3 heteroatoms. The maximum Gasteiger partial charge on any atom is 0.224 e. The topological polar surface area (TPSA) is 38.3 Å². The zero-order valence-corrected chi connectivity index (χ0v) is 10.3. The van der Waals surface area contributed by atoms with Crippen LogP contribution in [0, 0.1) is 0 Å². The van der Waals surface area contributed by atoms with Crippen molar-refractivity contribution >= 4 is 11.6 Å². The molecule has 2 aliphatic rings. The Morgan fingerprint density at radius 3 is 3.06 bits per heavy atom. The first-order valence-corrected chi connectivity index (χ1v) is 6.57. The summed E-state index contributed by atoms with van der Waals surface area (Å²) in [6.07, 6.45) is 9.29. The van der Waals surface area contributed by atoms with Crippen LogP contribution in [0.2, 0.25) is 0 Å². The molecule has 0 saturated heterocycles. The quantitative estimate of drug-likeness (QED) is 0.811. The van der Waals surface area contributed by atoms with Gasteiger partial charge in [-0.1, -0.05) is 12.1 Å². The number of carbonyl (C=O) groups excluding carboxylic acids is 1. The van der Waals surface area contributed by atoms with Crippen LogP contribution in [-0.2, 0) is 11.2 Å². The minimum absolute atomic E-state index is 0.0946. The number of anilines is 1. The molecule has 1 aromatic carbocycles. The second kappa shape index (κ2) is 4.84. The van der Waals surface area contributed by atoms with Crippen molar-refractivity contribution in [2.75, 3.05) is 5.32 Å². The summed E-state index contributed by atoms with van der Waals surface area (Å²) in [6, 6.07) is 5.99. The van der Waals surface area contributed by atoms with E-state index in [1.165, 1.54) is 12.0 Å². The fourth-order valence-electron chi connectivity index (χ4n) is 2.48. The molecule has 1 aromatic rings. The lowest BCUT2D eigenvalue weighted by atomic mass is 10.0. The van der Waals surface area contributed by atoms with Gasteiger partial charge in [0.15, 0.2) is 0 Å². The number of rotatable bonds is 2. The minimum Gasteiger partial charge on any atom is -0.486 e. The second-order valence-electron chi connectivity index (χ2n) is 4.88. The SMILES string of the molecule is O=C1CCc2ccc(OC3C=CCCC3)cc2N1. The van der Waals surface area contributed by atoms with E-state index in [1.807, 2.05) is 12.1 Å². The first kappa shape index (κ1) is 11.3. The summed E-state index contributed by atoms with van der Waals surface area (Å²) in [4.78, 5) is 11.4. The maximum atomic E-state index is 11.4. The Morgan fingerprint density at radius 2 is 2.22 bits per heavy atom. The van der Waals surface area contributed by atoms with E-state index < -0.39 is 0 Å². The molecular weight excluding hydrogens is 226 g/mol. The third-order valence-corrected chi connectivity index (χ3v) is 3.47. The van der Waals surface area contributed by atoms with Gasteiger partial charge in [-0.05, 0) is 43.4 Å². The molecule has 1 heterocycles. The van der Waals surface area contributed by atoms with Crippen molar-refractivity contribution in [2.45, 2.75) is 38.2 Å². The van der Waals surface area contributed by atoms with Crippen molar-refractivity contribution in [3.05, 3.63) is 35.9 Å². The third kappa shape index (κ3) is 2.40. The number of hydrogen-bond donors (Lipinski definition) is 1. The molecule has 0 bridgehead atoms. The highest BCUT2D eigenvalue weighted by Gasteiger charge is 2.16. The molecule has 1 aliphatic carbocycles. The molecule has 3 nitrogen and oxygen atoms in total. The van der Waals surface area contributed by atoms with E-state index in [4.69, 9.17) is 4.74 Å². The molecular formula is C15H17NO2. The summed E-state index contributed by atoms with van der Waals surface area (Å²) in [5.41, 5.74) is 2.10. The van der Waals surface area contributed by atoms with Gasteiger partial charge in [0, 0.05) is 18.2 Å². The van der Waals surface area contributed by atoms with Crippen LogP contribution in [0.25, 0.3) is 0 Å². The molecule has 1 aliphatic heterocycles. The van der Waals surface area contributed by atoms with E-state index >= 15 is 0 Å². The average molecular weight is 243 g/mol. The van der Waals surface area contributed by atoms with Crippen molar-refractivity contribution in [3.8, 4) is 5.75 Å². The molecule has 0 saturated carbocycles. The molecule has 0 fully saturated rings. The number of allylic oxidation sites excluding steroid dienone is 1. The smallest absolute Gasteiger partial charge is 0.224 e. The predicted octanol–water partition coefficient (Wildman–Crippen LogP) is 3.06. The summed E-state index contributed by atoms with van der Waals surface area (Å²) in [6.45, 7) is 0. The highest BCUT2D eigenvalue weighted by Crippen LogP contribution is 2.28. The molecule has 1 amide bonds. The Balaban J connectivity index is 1.77. The lowest BCUT2D eigenvalue weighted by Gasteiger charge is -2.21. The lowest BCUT2D eigenvalue weighted by Crippen LogP contribution is -2.20. The first-order chi connectivity index (χ1) is 8.81. The predicted molar refractivity (Wildman–Crippen MR) is 70.8 cm³/mol. The van der Waals surface area contributed by atoms with Crippen molar-refractivity contribution < 1.29 is 9.53 Å². The Bertz CT molecular complexity index is 493. The lowest BCUT2D eigenvalue weighted by molar-refractivity contribution is -0.116. The summed E-state index contributed by atoms with van der Waals surface area (Å²) in [5.74, 6) is 0.935. The molecule has 0 aromatic heterocycles. The Kier molecular flexibility index (Phi) is 3.05. The van der Waals surface area contributed by atoms with Crippen molar-refractivity contribution in [1.82, 2.24) is 0 Å². The van der Waals surface area contributed by atoms with Gasteiger partial charge in [0.1, 0.15) is 11.9 Å². The fraction of sp³-hybridized carbons (Fsp3) is 0.400. The van der Waals surface area contributed by atoms with Gasteiger partial charge < -0.3 is 10.1 Å². The largest absolute Gasteiger partial charge is 0.486 e. The van der Waals surface area contributed by atoms with E-state index in [0.717, 1.165) is 30.7 Å². The zero-order valence-electron chi connectivity index (χ0n) is 10.3. The van der Waals surface area contributed by atoms with Gasteiger partial charge >= 0.3 is 0 Å². The van der Waals surface area contributed by atoms with Gasteiger partial charge in [0.2, 0.25) is 5.91 Å². The van der Waals surface area contributed by atoms with E-state index in [-0.39, 0.29) is 12.0 Å². The van der Waals surface area contributed by atoms with E-state index in [0.29, 0.717) is 6.42 Å². The van der Waals surface area contributed by atoms with Gasteiger partial charge in [0.25, 0.3) is 0 Å². The third-order valence-electron chi connectivity index (χ3n) is 3.47. The normalized spacial score (nSPS) is 22.2. The highest BCUT2D eigenvalue weighted by atomic mass is 16.5. The van der Waals surface area contributed by atoms with Gasteiger partial charge in [-0.2, -0.15) is 0 Å². The Labute approximate surface area is 107 Å². The average Bonchev–Trinajstić information content (AvgIpc) is 2.39. The maximum absolute atomic E-state index is 11.4. The number of aryl methyl sites for hydroxylation is 1. The summed E-state index contributed by atoms with van der Waals surface area (Å²) >= 11 is 0. The Hall–Kier alpha value is -1.77. The standard InChI is InChI=1S/C15H17NO2/c17-15-9-7-11-6-8-13(10-14(11)16-15)18-12-4-2-1-3-5-12/h2,4,6,8,10,12H,1,3,5,7,9H2,(H,16,17). The molecule has 0 radical (unpaired) electrons. The number of ether oxygens (including phenoxy) is 1. The molecule has 18 heavy (non-hydrogen) atoms. The van der Waals surface area contributed by atoms with Crippen molar-refractivity contribution in [1.29, 1.82) is 0 Å². The van der Waals surface area contributed by atoms with E-state index in [9.17, 15) is 4.79 Å². The summed E-state index contributed by atoms with van der Waals surface area (Å²) in [7, 11) is 0. The molecule has 94 valence electrons. The first-order valence-electron chi connectivity index (χ1n) is 6.57. The van der Waals surface area contributed by atoms with Crippen LogP contribution in [0.1, 0.15) is 31.2 Å². The molecule has 1 atom stereocenters. The summed E-state index contributed by atoms with van der Waals surface area (Å²) in [5, 5.41) is 2.90. The van der Waals surface area contributed by atoms with Crippen molar-refractivity contribution in [3.63, 3.8) is 0 Å². The van der Waals surface area contributed by atoms with Gasteiger partial charge in [0.05, 0.1) is 0 Å². The highest BCUT2D eigenvalue weighted by molar-refractivity contribution is 5.94.